The molecule has 0 spiro atoms. The lowest BCUT2D eigenvalue weighted by atomic mass is 9.90. The molecular formula is C20H22ClFN2O. The van der Waals surface area contributed by atoms with Crippen LogP contribution < -0.4 is 4.90 Å². The Hall–Kier alpha value is -1.94. The molecule has 0 bridgehead atoms. The molecule has 0 atom stereocenters. The van der Waals surface area contributed by atoms with E-state index in [1.807, 2.05) is 19.1 Å². The second-order valence-electron chi connectivity index (χ2n) is 7.08. The van der Waals surface area contributed by atoms with E-state index in [1.165, 1.54) is 6.07 Å². The summed E-state index contributed by atoms with van der Waals surface area (Å²) in [5, 5.41) is 0. The highest BCUT2D eigenvalue weighted by Crippen LogP contribution is 2.40. The number of halogens is 2. The van der Waals surface area contributed by atoms with E-state index in [4.69, 9.17) is 16.6 Å². The van der Waals surface area contributed by atoms with Crippen molar-refractivity contribution in [3.63, 3.8) is 0 Å². The fraction of sp³-hybridized carbons (Fsp3) is 0.400. The van der Waals surface area contributed by atoms with Gasteiger partial charge in [0.15, 0.2) is 0 Å². The number of aryl methyl sites for hydroxylation is 1. The van der Waals surface area contributed by atoms with Crippen LogP contribution in [0.4, 0.5) is 10.1 Å². The molecule has 0 saturated carbocycles. The van der Waals surface area contributed by atoms with Gasteiger partial charge in [-0.1, -0.05) is 39.0 Å². The van der Waals surface area contributed by atoms with Gasteiger partial charge in [0.05, 0.1) is 11.4 Å². The van der Waals surface area contributed by atoms with Crippen LogP contribution in [0.15, 0.2) is 30.3 Å². The number of alkyl halides is 1. The van der Waals surface area contributed by atoms with Crippen molar-refractivity contribution in [2.45, 2.75) is 39.0 Å². The summed E-state index contributed by atoms with van der Waals surface area (Å²) in [7, 11) is 0. The monoisotopic (exact) mass is 360 g/mol. The molecule has 0 fully saturated rings. The highest BCUT2D eigenvalue weighted by atomic mass is 35.5. The molecule has 1 amide bonds. The molecule has 5 heteroatoms. The minimum atomic E-state index is -0.225. The quantitative estimate of drug-likeness (QED) is 0.764. The average Bonchev–Trinajstić information content (AvgIpc) is 2.86. The Kier molecular flexibility index (Phi) is 4.83. The largest absolute Gasteiger partial charge is 0.309 e. The molecule has 1 aliphatic heterocycles. The molecular weight excluding hydrogens is 339 g/mol. The Balaban J connectivity index is 2.09. The number of pyridine rings is 1. The molecule has 0 saturated heterocycles. The van der Waals surface area contributed by atoms with E-state index in [-0.39, 0.29) is 23.0 Å². The standard InChI is InChI=1S/C20H22ClFN2O/c1-4-16-14(9-13-7-5-6-8-15(13)22)10-17-19(23-16)20(2,3)12-24(17)18(25)11-21/h5-8,10H,4,9,11-12H2,1-3H3. The maximum Gasteiger partial charge on any atom is 0.241 e. The summed E-state index contributed by atoms with van der Waals surface area (Å²) < 4.78 is 14.1. The number of nitrogens with zero attached hydrogens (tertiary/aromatic N) is 2. The molecule has 1 aliphatic rings. The molecule has 0 radical (unpaired) electrons. The van der Waals surface area contributed by atoms with Crippen molar-refractivity contribution in [3.8, 4) is 0 Å². The normalized spacial score (nSPS) is 15.3. The van der Waals surface area contributed by atoms with E-state index in [0.29, 0.717) is 18.5 Å². The third-order valence-corrected chi connectivity index (χ3v) is 4.97. The van der Waals surface area contributed by atoms with Crippen LogP contribution in [0.3, 0.4) is 0 Å². The first kappa shape index (κ1) is 17.9. The van der Waals surface area contributed by atoms with Gasteiger partial charge in [-0.3, -0.25) is 9.78 Å². The summed E-state index contributed by atoms with van der Waals surface area (Å²) in [4.78, 5) is 18.8. The molecule has 0 N–H and O–H groups in total. The molecule has 3 nitrogen and oxygen atoms in total. The number of anilines is 1. The Morgan fingerprint density at radius 1 is 1.32 bits per heavy atom. The molecule has 2 heterocycles. The minimum Gasteiger partial charge on any atom is -0.309 e. The zero-order valence-electron chi connectivity index (χ0n) is 14.8. The molecule has 1 aromatic carbocycles. The summed E-state index contributed by atoms with van der Waals surface area (Å²) in [6, 6.07) is 8.76. The Bertz CT molecular complexity index is 819. The Morgan fingerprint density at radius 2 is 2.04 bits per heavy atom. The van der Waals surface area contributed by atoms with Crippen LogP contribution in [-0.4, -0.2) is 23.3 Å². The summed E-state index contributed by atoms with van der Waals surface area (Å²) in [6.07, 6.45) is 1.22. The van der Waals surface area contributed by atoms with E-state index in [2.05, 4.69) is 13.8 Å². The smallest absolute Gasteiger partial charge is 0.241 e. The van der Waals surface area contributed by atoms with Gasteiger partial charge in [0, 0.05) is 24.1 Å². The second-order valence-corrected chi connectivity index (χ2v) is 7.35. The van der Waals surface area contributed by atoms with Crippen molar-refractivity contribution in [2.24, 2.45) is 0 Å². The van der Waals surface area contributed by atoms with Gasteiger partial charge in [-0.25, -0.2) is 4.39 Å². The maximum absolute atomic E-state index is 14.1. The van der Waals surface area contributed by atoms with Crippen molar-refractivity contribution < 1.29 is 9.18 Å². The number of hydrogen-bond donors (Lipinski definition) is 0. The second kappa shape index (κ2) is 6.75. The Labute approximate surface area is 152 Å². The van der Waals surface area contributed by atoms with Crippen LogP contribution in [-0.2, 0) is 23.1 Å². The number of amides is 1. The molecule has 25 heavy (non-hydrogen) atoms. The zero-order valence-corrected chi connectivity index (χ0v) is 15.5. The van der Waals surface area contributed by atoms with E-state index >= 15 is 0 Å². The first-order chi connectivity index (χ1) is 11.9. The number of aromatic nitrogens is 1. The number of rotatable bonds is 4. The van der Waals surface area contributed by atoms with Gasteiger partial charge in [-0.05, 0) is 29.7 Å². The lowest BCUT2D eigenvalue weighted by molar-refractivity contribution is -0.116. The first-order valence-corrected chi connectivity index (χ1v) is 9.04. The van der Waals surface area contributed by atoms with Gasteiger partial charge in [0.1, 0.15) is 11.7 Å². The number of carbonyl (C=O) groups excluding carboxylic acids is 1. The zero-order chi connectivity index (χ0) is 18.2. The summed E-state index contributed by atoms with van der Waals surface area (Å²) in [5.41, 5.74) is 4.04. The van der Waals surface area contributed by atoms with Gasteiger partial charge in [-0.15, -0.1) is 11.6 Å². The predicted molar refractivity (Wildman–Crippen MR) is 98.9 cm³/mol. The molecule has 3 rings (SSSR count). The highest BCUT2D eigenvalue weighted by Gasteiger charge is 2.39. The third-order valence-electron chi connectivity index (χ3n) is 4.75. The van der Waals surface area contributed by atoms with E-state index in [1.54, 1.807) is 17.0 Å². The number of benzene rings is 1. The van der Waals surface area contributed by atoms with Gasteiger partial charge >= 0.3 is 0 Å². The van der Waals surface area contributed by atoms with Gasteiger partial charge in [0.2, 0.25) is 5.91 Å². The van der Waals surface area contributed by atoms with Crippen LogP contribution in [0.2, 0.25) is 0 Å². The van der Waals surface area contributed by atoms with Crippen molar-refractivity contribution in [1.29, 1.82) is 0 Å². The van der Waals surface area contributed by atoms with Crippen molar-refractivity contribution >= 4 is 23.2 Å². The fourth-order valence-corrected chi connectivity index (χ4v) is 3.58. The van der Waals surface area contributed by atoms with Crippen LogP contribution in [0.25, 0.3) is 0 Å². The summed E-state index contributed by atoms with van der Waals surface area (Å²) >= 11 is 5.78. The summed E-state index contributed by atoms with van der Waals surface area (Å²) in [5.74, 6) is -0.413. The predicted octanol–water partition coefficient (Wildman–Crippen LogP) is 4.24. The molecule has 0 unspecified atom stereocenters. The molecule has 132 valence electrons. The van der Waals surface area contributed by atoms with Gasteiger partial charge in [-0.2, -0.15) is 0 Å². The van der Waals surface area contributed by atoms with E-state index < -0.39 is 0 Å². The van der Waals surface area contributed by atoms with Crippen molar-refractivity contribution in [2.75, 3.05) is 17.3 Å². The van der Waals surface area contributed by atoms with Gasteiger partial charge in [0.25, 0.3) is 0 Å². The third kappa shape index (κ3) is 3.28. The van der Waals surface area contributed by atoms with Crippen LogP contribution in [0.5, 0.6) is 0 Å². The average molecular weight is 361 g/mol. The summed E-state index contributed by atoms with van der Waals surface area (Å²) in [6.45, 7) is 6.77. The fourth-order valence-electron chi connectivity index (χ4n) is 3.44. The number of hydrogen-bond acceptors (Lipinski definition) is 2. The molecule has 0 aliphatic carbocycles. The van der Waals surface area contributed by atoms with Gasteiger partial charge < -0.3 is 4.90 Å². The number of carbonyl (C=O) groups is 1. The molecule has 2 aromatic rings. The van der Waals surface area contributed by atoms with Crippen LogP contribution in [0, 0.1) is 5.82 Å². The SMILES string of the molecule is CCc1nc2c(cc1Cc1ccccc1F)N(C(=O)CCl)CC2(C)C. The maximum atomic E-state index is 14.1. The number of fused-ring (bicyclic) bond motifs is 1. The lowest BCUT2D eigenvalue weighted by Gasteiger charge is -2.19. The lowest BCUT2D eigenvalue weighted by Crippen LogP contribution is -2.34. The van der Waals surface area contributed by atoms with Crippen LogP contribution in [0.1, 0.15) is 43.3 Å². The van der Waals surface area contributed by atoms with E-state index in [9.17, 15) is 9.18 Å². The van der Waals surface area contributed by atoms with Crippen LogP contribution >= 0.6 is 11.6 Å². The van der Waals surface area contributed by atoms with Crippen molar-refractivity contribution in [1.82, 2.24) is 4.98 Å². The first-order valence-electron chi connectivity index (χ1n) is 8.50. The topological polar surface area (TPSA) is 33.2 Å². The van der Waals surface area contributed by atoms with Crippen molar-refractivity contribution in [3.05, 3.63) is 58.7 Å². The Morgan fingerprint density at radius 3 is 2.68 bits per heavy atom. The highest BCUT2D eigenvalue weighted by molar-refractivity contribution is 6.29. The molecule has 1 aromatic heterocycles. The minimum absolute atomic E-state index is 0.0618. The van der Waals surface area contributed by atoms with E-state index in [0.717, 1.165) is 29.1 Å².